The first kappa shape index (κ1) is 11.0. The molecule has 0 atom stereocenters. The maximum Gasteiger partial charge on any atom is 0.213 e. The third-order valence-electron chi connectivity index (χ3n) is 1.95. The molecular weight excluding hydrogens is 176 g/mol. The molecule has 0 saturated heterocycles. The Labute approximate surface area is 85.5 Å². The topological polar surface area (TPSA) is 34.2 Å². The predicted octanol–water partition coefficient (Wildman–Crippen LogP) is 1.90. The minimum atomic E-state index is 0.693. The van der Waals surface area contributed by atoms with Gasteiger partial charge in [0.25, 0.3) is 0 Å². The minimum Gasteiger partial charge on any atom is -0.481 e. The zero-order valence-electron chi connectivity index (χ0n) is 9.13. The molecule has 0 amide bonds. The average molecular weight is 194 g/mol. The van der Waals surface area contributed by atoms with E-state index in [2.05, 4.69) is 23.3 Å². The van der Waals surface area contributed by atoms with Gasteiger partial charge in [0.05, 0.1) is 7.11 Å². The molecule has 14 heavy (non-hydrogen) atoms. The van der Waals surface area contributed by atoms with E-state index < -0.39 is 0 Å². The quantitative estimate of drug-likeness (QED) is 0.727. The number of hydrogen-bond donors (Lipinski definition) is 1. The standard InChI is InChI=1S/C11H18N2O/c1-4-5-12-8-10-6-9(2)13-11(7-10)14-3/h6-7,12H,4-5,8H2,1-3H3. The summed E-state index contributed by atoms with van der Waals surface area (Å²) >= 11 is 0. The highest BCUT2D eigenvalue weighted by molar-refractivity contribution is 5.24. The van der Waals surface area contributed by atoms with Crippen LogP contribution in [0.1, 0.15) is 24.6 Å². The molecule has 0 bridgehead atoms. The molecule has 1 rings (SSSR count). The van der Waals surface area contributed by atoms with Crippen LogP contribution in [-0.4, -0.2) is 18.6 Å². The van der Waals surface area contributed by atoms with Crippen LogP contribution in [0, 0.1) is 6.92 Å². The Hall–Kier alpha value is -1.09. The number of ether oxygens (including phenoxy) is 1. The Balaban J connectivity index is 2.62. The van der Waals surface area contributed by atoms with Crippen LogP contribution >= 0.6 is 0 Å². The fourth-order valence-corrected chi connectivity index (χ4v) is 1.32. The Morgan fingerprint density at radius 3 is 2.86 bits per heavy atom. The van der Waals surface area contributed by atoms with Crippen molar-refractivity contribution in [2.24, 2.45) is 0 Å². The van der Waals surface area contributed by atoms with Crippen LogP contribution in [0.2, 0.25) is 0 Å². The van der Waals surface area contributed by atoms with Gasteiger partial charge in [-0.2, -0.15) is 0 Å². The van der Waals surface area contributed by atoms with Crippen molar-refractivity contribution >= 4 is 0 Å². The Bertz CT molecular complexity index is 287. The van der Waals surface area contributed by atoms with Crippen molar-refractivity contribution < 1.29 is 4.74 Å². The second-order valence-electron chi connectivity index (χ2n) is 3.34. The van der Waals surface area contributed by atoms with E-state index in [-0.39, 0.29) is 0 Å². The Morgan fingerprint density at radius 2 is 2.21 bits per heavy atom. The third kappa shape index (κ3) is 3.34. The van der Waals surface area contributed by atoms with Crippen LogP contribution in [0.5, 0.6) is 5.88 Å². The first-order valence-corrected chi connectivity index (χ1v) is 4.98. The van der Waals surface area contributed by atoms with E-state index in [1.54, 1.807) is 7.11 Å². The smallest absolute Gasteiger partial charge is 0.213 e. The lowest BCUT2D eigenvalue weighted by Crippen LogP contribution is -2.14. The van der Waals surface area contributed by atoms with Gasteiger partial charge in [-0.1, -0.05) is 6.92 Å². The van der Waals surface area contributed by atoms with E-state index >= 15 is 0 Å². The molecule has 0 saturated carbocycles. The highest BCUT2D eigenvalue weighted by atomic mass is 16.5. The monoisotopic (exact) mass is 194 g/mol. The maximum absolute atomic E-state index is 5.10. The Morgan fingerprint density at radius 1 is 1.43 bits per heavy atom. The fourth-order valence-electron chi connectivity index (χ4n) is 1.32. The van der Waals surface area contributed by atoms with Crippen LogP contribution in [-0.2, 0) is 6.54 Å². The second kappa shape index (κ2) is 5.60. The van der Waals surface area contributed by atoms with Crippen molar-refractivity contribution in [3.05, 3.63) is 23.4 Å². The molecule has 0 aliphatic carbocycles. The van der Waals surface area contributed by atoms with E-state index in [1.165, 1.54) is 5.56 Å². The van der Waals surface area contributed by atoms with Gasteiger partial charge in [-0.25, -0.2) is 4.98 Å². The van der Waals surface area contributed by atoms with Crippen LogP contribution in [0.3, 0.4) is 0 Å². The summed E-state index contributed by atoms with van der Waals surface area (Å²) in [7, 11) is 1.64. The van der Waals surface area contributed by atoms with Crippen molar-refractivity contribution in [1.82, 2.24) is 10.3 Å². The number of nitrogens with zero attached hydrogens (tertiary/aromatic N) is 1. The van der Waals surface area contributed by atoms with Crippen molar-refractivity contribution in [3.63, 3.8) is 0 Å². The van der Waals surface area contributed by atoms with Gasteiger partial charge in [0.2, 0.25) is 5.88 Å². The summed E-state index contributed by atoms with van der Waals surface area (Å²) in [6.07, 6.45) is 1.15. The molecule has 0 aliphatic heterocycles. The van der Waals surface area contributed by atoms with E-state index in [0.717, 1.165) is 25.2 Å². The molecule has 0 radical (unpaired) electrons. The van der Waals surface area contributed by atoms with Gasteiger partial charge in [0.15, 0.2) is 0 Å². The number of rotatable bonds is 5. The number of pyridine rings is 1. The first-order valence-electron chi connectivity index (χ1n) is 4.98. The van der Waals surface area contributed by atoms with Gasteiger partial charge < -0.3 is 10.1 Å². The molecule has 3 nitrogen and oxygen atoms in total. The van der Waals surface area contributed by atoms with Crippen LogP contribution in [0.4, 0.5) is 0 Å². The molecule has 0 unspecified atom stereocenters. The SMILES string of the molecule is CCCNCc1cc(C)nc(OC)c1. The van der Waals surface area contributed by atoms with Crippen LogP contribution < -0.4 is 10.1 Å². The summed E-state index contributed by atoms with van der Waals surface area (Å²) in [4.78, 5) is 4.23. The summed E-state index contributed by atoms with van der Waals surface area (Å²) in [6, 6.07) is 4.04. The molecule has 0 spiro atoms. The summed E-state index contributed by atoms with van der Waals surface area (Å²) in [6.45, 7) is 6.06. The van der Waals surface area contributed by atoms with E-state index in [4.69, 9.17) is 4.74 Å². The fraction of sp³-hybridized carbons (Fsp3) is 0.545. The highest BCUT2D eigenvalue weighted by Gasteiger charge is 1.99. The molecule has 0 aromatic carbocycles. The highest BCUT2D eigenvalue weighted by Crippen LogP contribution is 2.11. The third-order valence-corrected chi connectivity index (χ3v) is 1.95. The lowest BCUT2D eigenvalue weighted by molar-refractivity contribution is 0.396. The number of nitrogens with one attached hydrogen (secondary N) is 1. The number of aromatic nitrogens is 1. The number of methoxy groups -OCH3 is 1. The molecule has 1 aromatic rings. The number of hydrogen-bond acceptors (Lipinski definition) is 3. The summed E-state index contributed by atoms with van der Waals surface area (Å²) < 4.78 is 5.10. The second-order valence-corrected chi connectivity index (χ2v) is 3.34. The normalized spacial score (nSPS) is 10.2. The molecule has 1 N–H and O–H groups in total. The van der Waals surface area contributed by atoms with E-state index in [9.17, 15) is 0 Å². The van der Waals surface area contributed by atoms with Crippen molar-refractivity contribution in [2.75, 3.05) is 13.7 Å². The lowest BCUT2D eigenvalue weighted by Gasteiger charge is -2.06. The summed E-state index contributed by atoms with van der Waals surface area (Å²) in [5, 5.41) is 3.35. The molecule has 3 heteroatoms. The Kier molecular flexibility index (Phi) is 4.40. The van der Waals surface area contributed by atoms with Crippen LogP contribution in [0.15, 0.2) is 12.1 Å². The van der Waals surface area contributed by atoms with Crippen molar-refractivity contribution in [3.8, 4) is 5.88 Å². The van der Waals surface area contributed by atoms with Gasteiger partial charge >= 0.3 is 0 Å². The first-order chi connectivity index (χ1) is 6.76. The van der Waals surface area contributed by atoms with Gasteiger partial charge in [0, 0.05) is 18.3 Å². The van der Waals surface area contributed by atoms with Crippen molar-refractivity contribution in [1.29, 1.82) is 0 Å². The predicted molar refractivity (Wildman–Crippen MR) is 57.5 cm³/mol. The zero-order valence-corrected chi connectivity index (χ0v) is 9.13. The molecular formula is C11H18N2O. The lowest BCUT2D eigenvalue weighted by atomic mass is 10.2. The average Bonchev–Trinajstić information content (AvgIpc) is 2.17. The summed E-state index contributed by atoms with van der Waals surface area (Å²) in [5.74, 6) is 0.693. The molecule has 1 heterocycles. The van der Waals surface area contributed by atoms with Gasteiger partial charge in [-0.05, 0) is 31.5 Å². The number of aryl methyl sites for hydroxylation is 1. The van der Waals surface area contributed by atoms with Gasteiger partial charge in [0.1, 0.15) is 0 Å². The van der Waals surface area contributed by atoms with Gasteiger partial charge in [-0.15, -0.1) is 0 Å². The molecule has 0 fully saturated rings. The van der Waals surface area contributed by atoms with Crippen molar-refractivity contribution in [2.45, 2.75) is 26.8 Å². The molecule has 1 aromatic heterocycles. The van der Waals surface area contributed by atoms with Gasteiger partial charge in [-0.3, -0.25) is 0 Å². The van der Waals surface area contributed by atoms with E-state index in [0.29, 0.717) is 5.88 Å². The maximum atomic E-state index is 5.10. The molecule has 78 valence electrons. The van der Waals surface area contributed by atoms with E-state index in [1.807, 2.05) is 13.0 Å². The largest absolute Gasteiger partial charge is 0.481 e. The molecule has 0 aliphatic rings. The zero-order chi connectivity index (χ0) is 10.4. The summed E-state index contributed by atoms with van der Waals surface area (Å²) in [5.41, 5.74) is 2.22. The minimum absolute atomic E-state index is 0.693. The van der Waals surface area contributed by atoms with Crippen LogP contribution in [0.25, 0.3) is 0 Å².